The van der Waals surface area contributed by atoms with E-state index in [9.17, 15) is 0 Å². The van der Waals surface area contributed by atoms with Gasteiger partial charge in [-0.05, 0) is 38.4 Å². The highest BCUT2D eigenvalue weighted by atomic mass is 15.3. The summed E-state index contributed by atoms with van der Waals surface area (Å²) in [5.74, 6) is 0. The number of rotatable bonds is 7. The van der Waals surface area contributed by atoms with Crippen LogP contribution in [0.1, 0.15) is 39.2 Å². The van der Waals surface area contributed by atoms with Crippen LogP contribution in [0.5, 0.6) is 0 Å². The lowest BCUT2D eigenvalue weighted by Crippen LogP contribution is -2.55. The van der Waals surface area contributed by atoms with Crippen LogP contribution in [-0.2, 0) is 6.54 Å². The van der Waals surface area contributed by atoms with Crippen molar-refractivity contribution in [2.24, 2.45) is 5.73 Å². The fraction of sp³-hybridized carbons (Fsp3) is 0.714. The smallest absolute Gasteiger partial charge is 0.0474 e. The van der Waals surface area contributed by atoms with E-state index in [4.69, 9.17) is 5.73 Å². The third kappa shape index (κ3) is 3.92. The lowest BCUT2D eigenvalue weighted by Gasteiger charge is -2.39. The van der Waals surface area contributed by atoms with E-state index in [1.807, 2.05) is 0 Å². The largest absolute Gasteiger partial charge is 0.329 e. The van der Waals surface area contributed by atoms with E-state index in [-0.39, 0.29) is 5.54 Å². The number of likely N-dealkylation sites (tertiary alicyclic amines) is 2. The van der Waals surface area contributed by atoms with Crippen molar-refractivity contribution in [3.63, 3.8) is 0 Å². The lowest BCUT2D eigenvalue weighted by atomic mass is 9.94. The molecule has 0 aromatic heterocycles. The van der Waals surface area contributed by atoms with E-state index >= 15 is 0 Å². The molecule has 3 rings (SSSR count). The second-order valence-corrected chi connectivity index (χ2v) is 7.98. The van der Waals surface area contributed by atoms with Gasteiger partial charge in [-0.25, -0.2) is 0 Å². The maximum absolute atomic E-state index is 6.37. The third-order valence-electron chi connectivity index (χ3n) is 6.57. The molecule has 2 N–H and O–H groups in total. The summed E-state index contributed by atoms with van der Waals surface area (Å²) in [7, 11) is 0. The normalized spacial score (nSPS) is 31.2. The van der Waals surface area contributed by atoms with Crippen molar-refractivity contribution in [3.05, 3.63) is 35.9 Å². The monoisotopic (exact) mass is 344 g/mol. The van der Waals surface area contributed by atoms with Crippen LogP contribution in [0.15, 0.2) is 30.3 Å². The van der Waals surface area contributed by atoms with Gasteiger partial charge >= 0.3 is 0 Å². The molecule has 4 heteroatoms. The molecule has 0 radical (unpaired) electrons. The van der Waals surface area contributed by atoms with Crippen molar-refractivity contribution in [2.75, 3.05) is 39.3 Å². The third-order valence-corrected chi connectivity index (χ3v) is 6.57. The summed E-state index contributed by atoms with van der Waals surface area (Å²) < 4.78 is 0. The summed E-state index contributed by atoms with van der Waals surface area (Å²) in [6.07, 6.45) is 2.48. The molecule has 1 aromatic rings. The van der Waals surface area contributed by atoms with E-state index in [2.05, 4.69) is 65.8 Å². The highest BCUT2D eigenvalue weighted by molar-refractivity contribution is 5.16. The zero-order valence-electron chi connectivity index (χ0n) is 16.3. The zero-order chi connectivity index (χ0) is 17.9. The minimum atomic E-state index is 0.163. The van der Waals surface area contributed by atoms with Gasteiger partial charge in [0.05, 0.1) is 0 Å². The van der Waals surface area contributed by atoms with Crippen molar-refractivity contribution in [2.45, 2.75) is 57.8 Å². The maximum Gasteiger partial charge on any atom is 0.0474 e. The molecule has 25 heavy (non-hydrogen) atoms. The molecule has 2 heterocycles. The van der Waals surface area contributed by atoms with Gasteiger partial charge in [-0.2, -0.15) is 0 Å². The van der Waals surface area contributed by atoms with Gasteiger partial charge in [-0.15, -0.1) is 0 Å². The SMILES string of the molecule is CCN(CC)C1CCN(C2(CN)CC(C)N(Cc3ccccc3)C2)C1. The zero-order valence-corrected chi connectivity index (χ0v) is 16.3. The van der Waals surface area contributed by atoms with Crippen LogP contribution >= 0.6 is 0 Å². The number of benzene rings is 1. The molecule has 0 spiro atoms. The minimum Gasteiger partial charge on any atom is -0.329 e. The minimum absolute atomic E-state index is 0.163. The Kier molecular flexibility index (Phi) is 6.16. The number of hydrogen-bond donors (Lipinski definition) is 1. The van der Waals surface area contributed by atoms with Gasteiger partial charge in [0.1, 0.15) is 0 Å². The predicted octanol–water partition coefficient (Wildman–Crippen LogP) is 2.39. The predicted molar refractivity (Wildman–Crippen MR) is 106 cm³/mol. The van der Waals surface area contributed by atoms with Crippen molar-refractivity contribution in [1.29, 1.82) is 0 Å². The van der Waals surface area contributed by atoms with E-state index in [0.717, 1.165) is 32.7 Å². The molecule has 3 atom stereocenters. The lowest BCUT2D eigenvalue weighted by molar-refractivity contribution is 0.111. The molecule has 0 aliphatic carbocycles. The Labute approximate surface area is 154 Å². The van der Waals surface area contributed by atoms with Gasteiger partial charge in [0.25, 0.3) is 0 Å². The maximum atomic E-state index is 6.37. The van der Waals surface area contributed by atoms with Crippen LogP contribution in [0.25, 0.3) is 0 Å². The summed E-state index contributed by atoms with van der Waals surface area (Å²) in [5, 5.41) is 0. The van der Waals surface area contributed by atoms with E-state index in [1.165, 1.54) is 31.5 Å². The Bertz CT molecular complexity index is 530. The molecule has 2 fully saturated rings. The Balaban J connectivity index is 1.67. The summed E-state index contributed by atoms with van der Waals surface area (Å²) in [4.78, 5) is 7.97. The molecule has 140 valence electrons. The fourth-order valence-corrected chi connectivity index (χ4v) is 5.02. The first kappa shape index (κ1) is 18.8. The summed E-state index contributed by atoms with van der Waals surface area (Å²) in [5.41, 5.74) is 7.94. The molecular formula is C21H36N4. The molecule has 1 aromatic carbocycles. The number of nitrogens with two attached hydrogens (primary N) is 1. The first-order chi connectivity index (χ1) is 12.1. The second kappa shape index (κ2) is 8.17. The number of likely N-dealkylation sites (N-methyl/N-ethyl adjacent to an activating group) is 1. The number of nitrogens with zero attached hydrogens (tertiary/aromatic N) is 3. The van der Waals surface area contributed by atoms with Crippen LogP contribution in [0.3, 0.4) is 0 Å². The summed E-state index contributed by atoms with van der Waals surface area (Å²) >= 11 is 0. The molecule has 3 unspecified atom stereocenters. The van der Waals surface area contributed by atoms with Crippen LogP contribution in [0.4, 0.5) is 0 Å². The molecule has 0 bridgehead atoms. The highest BCUT2D eigenvalue weighted by Crippen LogP contribution is 2.35. The van der Waals surface area contributed by atoms with Crippen LogP contribution in [0, 0.1) is 0 Å². The van der Waals surface area contributed by atoms with Crippen molar-refractivity contribution < 1.29 is 0 Å². The fourth-order valence-electron chi connectivity index (χ4n) is 5.02. The standard InChI is InChI=1S/C21H36N4/c1-4-23(5-2)20-11-12-25(15-20)21(16-22)13-18(3)24(17-21)14-19-9-7-6-8-10-19/h6-10,18,20H,4-5,11-17,22H2,1-3H3. The van der Waals surface area contributed by atoms with E-state index in [1.54, 1.807) is 0 Å². The molecular weight excluding hydrogens is 308 g/mol. The quantitative estimate of drug-likeness (QED) is 0.824. The summed E-state index contributed by atoms with van der Waals surface area (Å²) in [6.45, 7) is 14.5. The van der Waals surface area contributed by atoms with Gasteiger partial charge in [0, 0.05) is 50.3 Å². The Morgan fingerprint density at radius 1 is 1.20 bits per heavy atom. The highest BCUT2D eigenvalue weighted by Gasteiger charge is 2.47. The summed E-state index contributed by atoms with van der Waals surface area (Å²) in [6, 6.07) is 12.2. The van der Waals surface area contributed by atoms with Gasteiger partial charge in [-0.3, -0.25) is 14.7 Å². The van der Waals surface area contributed by atoms with Gasteiger partial charge in [-0.1, -0.05) is 44.2 Å². The molecule has 4 nitrogen and oxygen atoms in total. The average molecular weight is 345 g/mol. The number of hydrogen-bond acceptors (Lipinski definition) is 4. The van der Waals surface area contributed by atoms with Crippen molar-refractivity contribution in [3.8, 4) is 0 Å². The second-order valence-electron chi connectivity index (χ2n) is 7.98. The van der Waals surface area contributed by atoms with Crippen LogP contribution < -0.4 is 5.73 Å². The first-order valence-corrected chi connectivity index (χ1v) is 10.1. The molecule has 2 saturated heterocycles. The Morgan fingerprint density at radius 3 is 2.56 bits per heavy atom. The average Bonchev–Trinajstić information content (AvgIpc) is 3.24. The van der Waals surface area contributed by atoms with Gasteiger partial charge in [0.2, 0.25) is 0 Å². The molecule has 0 amide bonds. The Morgan fingerprint density at radius 2 is 1.92 bits per heavy atom. The topological polar surface area (TPSA) is 35.7 Å². The van der Waals surface area contributed by atoms with Crippen LogP contribution in [0.2, 0.25) is 0 Å². The van der Waals surface area contributed by atoms with Crippen molar-refractivity contribution >= 4 is 0 Å². The first-order valence-electron chi connectivity index (χ1n) is 10.1. The van der Waals surface area contributed by atoms with E-state index < -0.39 is 0 Å². The molecule has 2 aliphatic heterocycles. The molecule has 2 aliphatic rings. The van der Waals surface area contributed by atoms with Gasteiger partial charge < -0.3 is 5.73 Å². The molecule has 0 saturated carbocycles. The van der Waals surface area contributed by atoms with Gasteiger partial charge in [0.15, 0.2) is 0 Å². The van der Waals surface area contributed by atoms with E-state index in [0.29, 0.717) is 12.1 Å². The van der Waals surface area contributed by atoms with Crippen LogP contribution in [-0.4, -0.2) is 71.6 Å². The van der Waals surface area contributed by atoms with Crippen molar-refractivity contribution in [1.82, 2.24) is 14.7 Å². The Hall–Kier alpha value is -0.940.